The van der Waals surface area contributed by atoms with Crippen LogP contribution in [0.15, 0.2) is 12.1 Å². The van der Waals surface area contributed by atoms with Crippen molar-refractivity contribution in [1.82, 2.24) is 0 Å². The fourth-order valence-corrected chi connectivity index (χ4v) is 1.17. The molecule has 1 aromatic carbocycles. The predicted octanol–water partition coefficient (Wildman–Crippen LogP) is 1.25. The molecule has 82 valence electrons. The van der Waals surface area contributed by atoms with Gasteiger partial charge in [0.15, 0.2) is 6.29 Å². The molecule has 0 amide bonds. The first-order chi connectivity index (χ1) is 7.63. The van der Waals surface area contributed by atoms with E-state index < -0.39 is 5.97 Å². The summed E-state index contributed by atoms with van der Waals surface area (Å²) in [5.74, 6) is -1.10. The lowest BCUT2D eigenvalue weighted by Crippen LogP contribution is -2.06. The van der Waals surface area contributed by atoms with E-state index in [0.717, 1.165) is 12.1 Å². The number of phenols is 1. The predicted molar refractivity (Wildman–Crippen MR) is 54.2 cm³/mol. The molecule has 1 rings (SSSR count). The first-order valence-electron chi connectivity index (χ1n) is 4.53. The van der Waals surface area contributed by atoms with E-state index in [0.29, 0.717) is 6.29 Å². The van der Waals surface area contributed by atoms with Crippen LogP contribution >= 0.6 is 0 Å². The summed E-state index contributed by atoms with van der Waals surface area (Å²) in [6, 6.07) is 3.95. The van der Waals surface area contributed by atoms with Gasteiger partial charge in [0.1, 0.15) is 17.4 Å². The summed E-state index contributed by atoms with van der Waals surface area (Å²) in [6.07, 6.45) is 0.445. The molecule has 0 unspecified atom stereocenters. The van der Waals surface area contributed by atoms with Crippen LogP contribution in [0.5, 0.6) is 5.75 Å². The van der Waals surface area contributed by atoms with Crippen LogP contribution < -0.4 is 0 Å². The average Bonchev–Trinajstić information content (AvgIpc) is 2.28. The number of hydrogen-bond acceptors (Lipinski definition) is 5. The Labute approximate surface area is 91.9 Å². The molecule has 0 aliphatic rings. The lowest BCUT2D eigenvalue weighted by atomic mass is 10.0. The van der Waals surface area contributed by atoms with Gasteiger partial charge in [0.25, 0.3) is 0 Å². The van der Waals surface area contributed by atoms with E-state index in [2.05, 4.69) is 4.74 Å². The van der Waals surface area contributed by atoms with Gasteiger partial charge in [-0.1, -0.05) is 0 Å². The van der Waals surface area contributed by atoms with Crippen molar-refractivity contribution in [3.8, 4) is 11.8 Å². The Balaban J connectivity index is 3.27. The van der Waals surface area contributed by atoms with Gasteiger partial charge in [-0.05, 0) is 19.1 Å². The van der Waals surface area contributed by atoms with Crippen LogP contribution in [0, 0.1) is 11.3 Å². The molecule has 5 nitrogen and oxygen atoms in total. The van der Waals surface area contributed by atoms with Crippen molar-refractivity contribution in [3.05, 3.63) is 28.8 Å². The number of aromatic hydroxyl groups is 1. The molecule has 5 heteroatoms. The summed E-state index contributed by atoms with van der Waals surface area (Å²) in [5, 5.41) is 18.1. The molecular formula is C11H9NO4. The number of nitrogens with zero attached hydrogens (tertiary/aromatic N) is 1. The zero-order chi connectivity index (χ0) is 12.1. The van der Waals surface area contributed by atoms with E-state index in [1.807, 2.05) is 0 Å². The molecular weight excluding hydrogens is 210 g/mol. The smallest absolute Gasteiger partial charge is 0.341 e. The number of benzene rings is 1. The van der Waals surface area contributed by atoms with Gasteiger partial charge < -0.3 is 9.84 Å². The van der Waals surface area contributed by atoms with Gasteiger partial charge in [-0.25, -0.2) is 4.79 Å². The SMILES string of the molecule is CCOC(=O)c1cc(C=O)c(C#N)cc1O. The Hall–Kier alpha value is -2.35. The highest BCUT2D eigenvalue weighted by Crippen LogP contribution is 2.22. The van der Waals surface area contributed by atoms with Crippen LogP contribution in [0.1, 0.15) is 33.2 Å². The first-order valence-corrected chi connectivity index (χ1v) is 4.53. The summed E-state index contributed by atoms with van der Waals surface area (Å²) in [6.45, 7) is 1.79. The number of aldehydes is 1. The number of rotatable bonds is 3. The van der Waals surface area contributed by atoms with Crippen molar-refractivity contribution in [3.63, 3.8) is 0 Å². The summed E-state index contributed by atoms with van der Waals surface area (Å²) in [4.78, 5) is 22.0. The van der Waals surface area contributed by atoms with Crippen molar-refractivity contribution in [1.29, 1.82) is 5.26 Å². The Morgan fingerprint density at radius 1 is 1.62 bits per heavy atom. The molecule has 0 saturated heterocycles. The number of ether oxygens (including phenoxy) is 1. The number of hydrogen-bond donors (Lipinski definition) is 1. The monoisotopic (exact) mass is 219 g/mol. The zero-order valence-corrected chi connectivity index (χ0v) is 8.56. The van der Waals surface area contributed by atoms with Crippen LogP contribution in [0.4, 0.5) is 0 Å². The van der Waals surface area contributed by atoms with Crippen LogP contribution in [0.3, 0.4) is 0 Å². The summed E-state index contributed by atoms with van der Waals surface area (Å²) < 4.78 is 4.68. The quantitative estimate of drug-likeness (QED) is 0.610. The molecule has 0 fully saturated rings. The minimum atomic E-state index is -0.729. The van der Waals surface area contributed by atoms with Gasteiger partial charge in [-0.15, -0.1) is 0 Å². The molecule has 0 aliphatic heterocycles. The highest BCUT2D eigenvalue weighted by Gasteiger charge is 2.15. The molecule has 0 spiro atoms. The van der Waals surface area contributed by atoms with Crippen molar-refractivity contribution in [2.45, 2.75) is 6.92 Å². The van der Waals surface area contributed by atoms with Gasteiger partial charge in [0.05, 0.1) is 12.2 Å². The molecule has 0 heterocycles. The number of nitriles is 1. The van der Waals surface area contributed by atoms with Crippen molar-refractivity contribution in [2.75, 3.05) is 6.61 Å². The van der Waals surface area contributed by atoms with E-state index in [1.54, 1.807) is 13.0 Å². The number of carbonyl (C=O) groups excluding carboxylic acids is 2. The van der Waals surface area contributed by atoms with Crippen molar-refractivity contribution in [2.24, 2.45) is 0 Å². The van der Waals surface area contributed by atoms with E-state index in [-0.39, 0.29) is 29.0 Å². The molecule has 0 radical (unpaired) electrons. The molecule has 0 saturated carbocycles. The summed E-state index contributed by atoms with van der Waals surface area (Å²) in [7, 11) is 0. The maximum absolute atomic E-state index is 11.4. The third kappa shape index (κ3) is 2.17. The Morgan fingerprint density at radius 3 is 2.81 bits per heavy atom. The fraction of sp³-hybridized carbons (Fsp3) is 0.182. The fourth-order valence-electron chi connectivity index (χ4n) is 1.17. The molecule has 0 aromatic heterocycles. The van der Waals surface area contributed by atoms with Crippen LogP contribution in [-0.2, 0) is 4.74 Å². The van der Waals surface area contributed by atoms with Crippen LogP contribution in [0.2, 0.25) is 0 Å². The third-order valence-electron chi connectivity index (χ3n) is 1.91. The van der Waals surface area contributed by atoms with E-state index in [9.17, 15) is 14.7 Å². The topological polar surface area (TPSA) is 87.4 Å². The molecule has 0 bridgehead atoms. The lowest BCUT2D eigenvalue weighted by molar-refractivity contribution is 0.0523. The van der Waals surface area contributed by atoms with Gasteiger partial charge in [-0.2, -0.15) is 5.26 Å². The average molecular weight is 219 g/mol. The second-order valence-corrected chi connectivity index (χ2v) is 2.91. The van der Waals surface area contributed by atoms with Crippen molar-refractivity contribution < 1.29 is 19.4 Å². The maximum atomic E-state index is 11.4. The molecule has 0 atom stereocenters. The van der Waals surface area contributed by atoms with Crippen LogP contribution in [0.25, 0.3) is 0 Å². The van der Waals surface area contributed by atoms with Crippen LogP contribution in [-0.4, -0.2) is 24.0 Å². The lowest BCUT2D eigenvalue weighted by Gasteiger charge is -2.05. The van der Waals surface area contributed by atoms with Gasteiger partial charge in [0.2, 0.25) is 0 Å². The second kappa shape index (κ2) is 4.94. The largest absolute Gasteiger partial charge is 0.507 e. The summed E-state index contributed by atoms with van der Waals surface area (Å²) >= 11 is 0. The number of phenolic OH excluding ortho intramolecular Hbond substituents is 1. The van der Waals surface area contributed by atoms with Gasteiger partial charge >= 0.3 is 5.97 Å². The minimum absolute atomic E-state index is 0.0144. The van der Waals surface area contributed by atoms with Gasteiger partial charge in [0, 0.05) is 5.56 Å². The molecule has 1 N–H and O–H groups in total. The highest BCUT2D eigenvalue weighted by molar-refractivity contribution is 5.95. The maximum Gasteiger partial charge on any atom is 0.341 e. The standard InChI is InChI=1S/C11H9NO4/c1-2-16-11(15)9-3-8(6-13)7(5-12)4-10(9)14/h3-4,6,14H,2H2,1H3. The highest BCUT2D eigenvalue weighted by atomic mass is 16.5. The second-order valence-electron chi connectivity index (χ2n) is 2.91. The third-order valence-corrected chi connectivity index (χ3v) is 1.91. The minimum Gasteiger partial charge on any atom is -0.507 e. The number of carbonyl (C=O) groups is 2. The summed E-state index contributed by atoms with van der Waals surface area (Å²) in [5.41, 5.74) is -0.0631. The van der Waals surface area contributed by atoms with E-state index in [1.165, 1.54) is 0 Å². The zero-order valence-electron chi connectivity index (χ0n) is 8.56. The Bertz CT molecular complexity index is 474. The van der Waals surface area contributed by atoms with E-state index >= 15 is 0 Å². The first kappa shape index (κ1) is 11.7. The molecule has 1 aromatic rings. The molecule has 16 heavy (non-hydrogen) atoms. The van der Waals surface area contributed by atoms with Gasteiger partial charge in [-0.3, -0.25) is 4.79 Å². The number of esters is 1. The molecule has 0 aliphatic carbocycles. The Morgan fingerprint density at radius 2 is 2.31 bits per heavy atom. The van der Waals surface area contributed by atoms with Crippen molar-refractivity contribution >= 4 is 12.3 Å². The Kier molecular flexibility index (Phi) is 3.62. The normalized spacial score (nSPS) is 9.25. The van der Waals surface area contributed by atoms with E-state index in [4.69, 9.17) is 5.26 Å².